The van der Waals surface area contributed by atoms with E-state index >= 15 is 0 Å². The van der Waals surface area contributed by atoms with E-state index in [1.54, 1.807) is 33.8 Å². The van der Waals surface area contributed by atoms with Crippen molar-refractivity contribution in [1.29, 1.82) is 0 Å². The van der Waals surface area contributed by atoms with Gasteiger partial charge in [0.05, 0.1) is 5.92 Å². The van der Waals surface area contributed by atoms with Crippen LogP contribution in [0.5, 0.6) is 0 Å². The number of amides is 3. The second-order valence-electron chi connectivity index (χ2n) is 8.71. The fraction of sp³-hybridized carbons (Fsp3) is 0.269. The van der Waals surface area contributed by atoms with Crippen LogP contribution in [-0.2, 0) is 9.59 Å². The lowest BCUT2D eigenvalue weighted by Gasteiger charge is -2.18. The van der Waals surface area contributed by atoms with Crippen LogP contribution in [0.4, 0.5) is 11.4 Å². The van der Waals surface area contributed by atoms with Crippen molar-refractivity contribution < 1.29 is 14.4 Å². The van der Waals surface area contributed by atoms with Gasteiger partial charge in [0.15, 0.2) is 0 Å². The maximum absolute atomic E-state index is 12.9. The summed E-state index contributed by atoms with van der Waals surface area (Å²) < 4.78 is 1.72. The van der Waals surface area contributed by atoms with Crippen molar-refractivity contribution in [2.75, 3.05) is 22.2 Å². The predicted molar refractivity (Wildman–Crippen MR) is 129 cm³/mol. The predicted octanol–water partition coefficient (Wildman–Crippen LogP) is 4.10. The average Bonchev–Trinajstić information content (AvgIpc) is 3.30. The average molecular weight is 445 g/mol. The Morgan fingerprint density at radius 3 is 2.24 bits per heavy atom. The van der Waals surface area contributed by atoms with Crippen LogP contribution >= 0.6 is 0 Å². The number of carbonyl (C=O) groups excluding carboxylic acids is 3. The first-order chi connectivity index (χ1) is 15.7. The highest BCUT2D eigenvalue weighted by Gasteiger charge is 2.35. The summed E-state index contributed by atoms with van der Waals surface area (Å²) in [6.07, 6.45) is 0.158. The van der Waals surface area contributed by atoms with Gasteiger partial charge in [0.25, 0.3) is 5.91 Å². The number of anilines is 2. The van der Waals surface area contributed by atoms with Gasteiger partial charge >= 0.3 is 0 Å². The van der Waals surface area contributed by atoms with Gasteiger partial charge in [-0.05, 0) is 81.3 Å². The van der Waals surface area contributed by atoms with E-state index in [-0.39, 0.29) is 24.1 Å². The molecule has 7 nitrogen and oxygen atoms in total. The summed E-state index contributed by atoms with van der Waals surface area (Å²) in [6, 6.07) is 16.6. The van der Waals surface area contributed by atoms with Gasteiger partial charge in [-0.2, -0.15) is 0 Å². The summed E-state index contributed by atoms with van der Waals surface area (Å²) in [7, 11) is 0. The van der Waals surface area contributed by atoms with Crippen LogP contribution in [0, 0.1) is 33.6 Å². The summed E-state index contributed by atoms with van der Waals surface area (Å²) >= 11 is 0. The molecule has 2 aromatic carbocycles. The quantitative estimate of drug-likeness (QED) is 0.622. The van der Waals surface area contributed by atoms with Crippen molar-refractivity contribution in [3.63, 3.8) is 0 Å². The number of nitrogens with one attached hydrogen (secondary N) is 2. The van der Waals surface area contributed by atoms with E-state index in [1.165, 1.54) is 0 Å². The number of nitrogens with zero attached hydrogens (tertiary/aromatic N) is 2. The number of aryl methyl sites for hydroxylation is 4. The maximum atomic E-state index is 12.9. The van der Waals surface area contributed by atoms with Crippen LogP contribution < -0.4 is 15.6 Å². The first-order valence-electron chi connectivity index (χ1n) is 11.0. The van der Waals surface area contributed by atoms with E-state index in [1.807, 2.05) is 52.0 Å². The van der Waals surface area contributed by atoms with Gasteiger partial charge in [-0.1, -0.05) is 12.1 Å². The Kier molecular flexibility index (Phi) is 6.05. The highest BCUT2D eigenvalue weighted by molar-refractivity contribution is 6.05. The first kappa shape index (κ1) is 22.3. The van der Waals surface area contributed by atoms with Gasteiger partial charge in [-0.3, -0.25) is 24.5 Å². The van der Waals surface area contributed by atoms with Crippen LogP contribution in [0.15, 0.2) is 54.6 Å². The minimum absolute atomic E-state index is 0.0641. The molecule has 0 radical (unpaired) electrons. The molecule has 2 N–H and O–H groups in total. The molecule has 33 heavy (non-hydrogen) atoms. The molecule has 2 heterocycles. The van der Waals surface area contributed by atoms with Crippen molar-refractivity contribution >= 4 is 29.1 Å². The van der Waals surface area contributed by atoms with Crippen LogP contribution in [0.3, 0.4) is 0 Å². The molecule has 0 unspecified atom stereocenters. The Morgan fingerprint density at radius 2 is 1.58 bits per heavy atom. The number of aromatic nitrogens is 1. The molecular formula is C26H28N4O3. The third kappa shape index (κ3) is 4.82. The zero-order valence-electron chi connectivity index (χ0n) is 19.3. The van der Waals surface area contributed by atoms with Gasteiger partial charge in [-0.15, -0.1) is 0 Å². The van der Waals surface area contributed by atoms with Crippen LogP contribution in [0.1, 0.15) is 39.3 Å². The minimum atomic E-state index is -0.457. The third-order valence-electron chi connectivity index (χ3n) is 5.89. The number of hydrogen-bond acceptors (Lipinski definition) is 3. The molecule has 4 rings (SSSR count). The molecule has 1 aromatic heterocycles. The topological polar surface area (TPSA) is 83.4 Å². The molecular weight excluding hydrogens is 416 g/mol. The van der Waals surface area contributed by atoms with E-state index in [0.29, 0.717) is 17.8 Å². The summed E-state index contributed by atoms with van der Waals surface area (Å²) in [4.78, 5) is 39.9. The Bertz CT molecular complexity index is 1200. The van der Waals surface area contributed by atoms with Crippen LogP contribution in [0.2, 0.25) is 0 Å². The Balaban J connectivity index is 1.44. The number of hydrogen-bond donors (Lipinski definition) is 2. The Morgan fingerprint density at radius 1 is 0.909 bits per heavy atom. The lowest BCUT2D eigenvalue weighted by Crippen LogP contribution is -2.28. The molecule has 0 bridgehead atoms. The van der Waals surface area contributed by atoms with Gasteiger partial charge in [0.2, 0.25) is 11.8 Å². The minimum Gasteiger partial charge on any atom is -0.326 e. The monoisotopic (exact) mass is 444 g/mol. The van der Waals surface area contributed by atoms with Crippen LogP contribution in [-0.4, -0.2) is 28.9 Å². The molecule has 3 aromatic rings. The SMILES string of the molecule is Cc1cc(C)cc(N2C[C@H](C(=O)Nc3cccc(C(=O)Nn4c(C)ccc4C)c3)CC2=O)c1. The second kappa shape index (κ2) is 8.94. The zero-order valence-corrected chi connectivity index (χ0v) is 19.3. The van der Waals surface area contributed by atoms with Crippen molar-refractivity contribution in [1.82, 2.24) is 4.68 Å². The summed E-state index contributed by atoms with van der Waals surface area (Å²) in [6.45, 7) is 8.13. The molecule has 0 aliphatic carbocycles. The van der Waals surface area contributed by atoms with Crippen LogP contribution in [0.25, 0.3) is 0 Å². The number of carbonyl (C=O) groups is 3. The highest BCUT2D eigenvalue weighted by Crippen LogP contribution is 2.28. The largest absolute Gasteiger partial charge is 0.326 e. The third-order valence-corrected chi connectivity index (χ3v) is 5.89. The molecule has 0 saturated carbocycles. The fourth-order valence-corrected chi connectivity index (χ4v) is 4.23. The van der Waals surface area contributed by atoms with Gasteiger partial charge in [0.1, 0.15) is 0 Å². The maximum Gasteiger partial charge on any atom is 0.270 e. The summed E-state index contributed by atoms with van der Waals surface area (Å²) in [5, 5.41) is 2.87. The Labute approximate surface area is 193 Å². The van der Waals surface area contributed by atoms with E-state index in [2.05, 4.69) is 16.8 Å². The van der Waals surface area contributed by atoms with Crippen molar-refractivity contribution in [2.45, 2.75) is 34.1 Å². The fourth-order valence-electron chi connectivity index (χ4n) is 4.23. The molecule has 1 fully saturated rings. The second-order valence-corrected chi connectivity index (χ2v) is 8.71. The molecule has 3 amide bonds. The van der Waals surface area contributed by atoms with Crippen molar-refractivity contribution in [3.8, 4) is 0 Å². The van der Waals surface area contributed by atoms with Gasteiger partial charge in [-0.25, -0.2) is 0 Å². The van der Waals surface area contributed by atoms with Gasteiger partial charge in [0, 0.05) is 41.3 Å². The molecule has 1 aliphatic heterocycles. The standard InChI is InChI=1S/C26H28N4O3/c1-16-10-17(2)12-23(11-16)29-15-21(14-24(29)31)25(32)27-22-7-5-6-20(13-22)26(33)28-30-18(3)8-9-19(30)4/h5-13,21H,14-15H2,1-4H3,(H,27,32)(H,28,33)/t21-/m1/s1. The highest BCUT2D eigenvalue weighted by atomic mass is 16.2. The first-order valence-corrected chi connectivity index (χ1v) is 11.0. The summed E-state index contributed by atoms with van der Waals surface area (Å²) in [5.41, 5.74) is 8.63. The van der Waals surface area contributed by atoms with E-state index in [4.69, 9.17) is 0 Å². The zero-order chi connectivity index (χ0) is 23.7. The lowest BCUT2D eigenvalue weighted by molar-refractivity contribution is -0.122. The number of rotatable bonds is 5. The van der Waals surface area contributed by atoms with E-state index < -0.39 is 5.92 Å². The lowest BCUT2D eigenvalue weighted by atomic mass is 10.1. The van der Waals surface area contributed by atoms with Crippen molar-refractivity contribution in [2.24, 2.45) is 5.92 Å². The molecule has 1 saturated heterocycles. The Hall–Kier alpha value is -3.87. The smallest absolute Gasteiger partial charge is 0.270 e. The molecule has 1 aliphatic rings. The molecule has 1 atom stereocenters. The normalized spacial score (nSPS) is 15.6. The molecule has 170 valence electrons. The molecule has 0 spiro atoms. The number of benzene rings is 2. The molecule has 7 heteroatoms. The summed E-state index contributed by atoms with van der Waals surface area (Å²) in [5.74, 6) is -1.03. The van der Waals surface area contributed by atoms with E-state index in [0.717, 1.165) is 28.2 Å². The van der Waals surface area contributed by atoms with Gasteiger partial charge < -0.3 is 10.2 Å². The van der Waals surface area contributed by atoms with Crippen molar-refractivity contribution in [3.05, 3.63) is 82.7 Å². The van der Waals surface area contributed by atoms with E-state index in [9.17, 15) is 14.4 Å².